The topological polar surface area (TPSA) is 45.5 Å². The molecule has 0 bridgehead atoms. The van der Waals surface area contributed by atoms with Gasteiger partial charge in [-0.1, -0.05) is 6.07 Å². The van der Waals surface area contributed by atoms with E-state index in [-0.39, 0.29) is 0 Å². The molecule has 0 spiro atoms. The van der Waals surface area contributed by atoms with Crippen LogP contribution in [0.4, 0.5) is 5.69 Å². The summed E-state index contributed by atoms with van der Waals surface area (Å²) in [4.78, 5) is 2.19. The van der Waals surface area contributed by atoms with Gasteiger partial charge in [-0.3, -0.25) is 0 Å². The highest BCUT2D eigenvalue weighted by Crippen LogP contribution is 2.21. The second-order valence-electron chi connectivity index (χ2n) is 4.46. The summed E-state index contributed by atoms with van der Waals surface area (Å²) in [5, 5.41) is 9.22. The predicted molar refractivity (Wildman–Crippen MR) is 76.5 cm³/mol. The number of methoxy groups -OCH3 is 2. The minimum atomic E-state index is 0.645. The molecular formula is C15H22N2O2. The Kier molecular flexibility index (Phi) is 6.94. The maximum Gasteiger partial charge on any atom is 0.101 e. The zero-order valence-corrected chi connectivity index (χ0v) is 12.0. The van der Waals surface area contributed by atoms with Crippen molar-refractivity contribution in [3.63, 3.8) is 0 Å². The maximum absolute atomic E-state index is 9.22. The van der Waals surface area contributed by atoms with Gasteiger partial charge in [-0.2, -0.15) is 5.26 Å². The Bertz CT molecular complexity index is 427. The van der Waals surface area contributed by atoms with Gasteiger partial charge >= 0.3 is 0 Å². The number of anilines is 1. The van der Waals surface area contributed by atoms with Crippen molar-refractivity contribution in [1.29, 1.82) is 5.26 Å². The Labute approximate surface area is 115 Å². The van der Waals surface area contributed by atoms with E-state index < -0.39 is 0 Å². The molecule has 0 heterocycles. The minimum Gasteiger partial charge on any atom is -0.385 e. The molecule has 0 atom stereocenters. The number of benzene rings is 1. The predicted octanol–water partition coefficient (Wildman–Crippen LogP) is 2.36. The summed E-state index contributed by atoms with van der Waals surface area (Å²) >= 11 is 0. The third-order valence-corrected chi connectivity index (χ3v) is 2.96. The Morgan fingerprint density at radius 2 is 1.89 bits per heavy atom. The summed E-state index contributed by atoms with van der Waals surface area (Å²) in [5.74, 6) is 0. The van der Waals surface area contributed by atoms with Crippen LogP contribution >= 0.6 is 0 Å². The first kappa shape index (κ1) is 15.5. The molecule has 0 radical (unpaired) electrons. The van der Waals surface area contributed by atoms with Gasteiger partial charge in [0.15, 0.2) is 0 Å². The standard InChI is InChI=1S/C15H22N2O2/c1-13-5-6-14(12-16)15(11-13)17(8-10-19-3)7-4-9-18-2/h5-6,11H,4,7-10H2,1-3H3. The third kappa shape index (κ3) is 4.90. The highest BCUT2D eigenvalue weighted by molar-refractivity contribution is 5.60. The van der Waals surface area contributed by atoms with Crippen LogP contribution in [0.3, 0.4) is 0 Å². The Balaban J connectivity index is 2.88. The van der Waals surface area contributed by atoms with Crippen LogP contribution in [0, 0.1) is 18.3 Å². The van der Waals surface area contributed by atoms with Crippen LogP contribution in [0.25, 0.3) is 0 Å². The SMILES string of the molecule is COCCCN(CCOC)c1cc(C)ccc1C#N. The molecule has 19 heavy (non-hydrogen) atoms. The van der Waals surface area contributed by atoms with Gasteiger partial charge in [0.2, 0.25) is 0 Å². The molecule has 0 unspecified atom stereocenters. The molecule has 0 aromatic heterocycles. The van der Waals surface area contributed by atoms with Gasteiger partial charge in [0.05, 0.1) is 17.9 Å². The molecule has 4 heteroatoms. The van der Waals surface area contributed by atoms with Crippen LogP contribution in [0.15, 0.2) is 18.2 Å². The molecule has 1 rings (SSSR count). The van der Waals surface area contributed by atoms with Crippen molar-refractivity contribution in [2.75, 3.05) is 45.4 Å². The van der Waals surface area contributed by atoms with Crippen LogP contribution in [0.1, 0.15) is 17.5 Å². The largest absolute Gasteiger partial charge is 0.385 e. The second-order valence-corrected chi connectivity index (χ2v) is 4.46. The van der Waals surface area contributed by atoms with E-state index in [2.05, 4.69) is 17.0 Å². The number of rotatable bonds is 8. The molecule has 0 amide bonds. The van der Waals surface area contributed by atoms with Gasteiger partial charge in [0.25, 0.3) is 0 Å². The van der Waals surface area contributed by atoms with E-state index in [9.17, 15) is 5.26 Å². The number of aryl methyl sites for hydroxylation is 1. The quantitative estimate of drug-likeness (QED) is 0.675. The van der Waals surface area contributed by atoms with E-state index >= 15 is 0 Å². The van der Waals surface area contributed by atoms with E-state index in [0.29, 0.717) is 12.2 Å². The molecule has 1 aromatic carbocycles. The summed E-state index contributed by atoms with van der Waals surface area (Å²) in [5.41, 5.74) is 2.85. The fraction of sp³-hybridized carbons (Fsp3) is 0.533. The van der Waals surface area contributed by atoms with E-state index in [4.69, 9.17) is 9.47 Å². The summed E-state index contributed by atoms with van der Waals surface area (Å²) in [6, 6.07) is 8.15. The molecule has 0 fully saturated rings. The zero-order chi connectivity index (χ0) is 14.1. The second kappa shape index (κ2) is 8.52. The summed E-state index contributed by atoms with van der Waals surface area (Å²) in [6.45, 7) is 5.03. The van der Waals surface area contributed by atoms with E-state index in [1.165, 1.54) is 0 Å². The molecule has 104 valence electrons. The van der Waals surface area contributed by atoms with Gasteiger partial charge in [-0.05, 0) is 31.0 Å². The fourth-order valence-corrected chi connectivity index (χ4v) is 1.95. The van der Waals surface area contributed by atoms with Crippen molar-refractivity contribution in [2.24, 2.45) is 0 Å². The average Bonchev–Trinajstić information content (AvgIpc) is 2.42. The van der Waals surface area contributed by atoms with E-state index in [1.54, 1.807) is 14.2 Å². The summed E-state index contributed by atoms with van der Waals surface area (Å²) in [6.07, 6.45) is 0.930. The normalized spacial score (nSPS) is 10.2. The van der Waals surface area contributed by atoms with Gasteiger partial charge in [-0.25, -0.2) is 0 Å². The molecule has 0 aliphatic carbocycles. The first-order chi connectivity index (χ1) is 9.22. The van der Waals surface area contributed by atoms with Crippen LogP contribution in [-0.4, -0.2) is 40.5 Å². The number of nitrogens with zero attached hydrogens (tertiary/aromatic N) is 2. The average molecular weight is 262 g/mol. The number of hydrogen-bond acceptors (Lipinski definition) is 4. The molecule has 0 saturated heterocycles. The first-order valence-electron chi connectivity index (χ1n) is 6.46. The molecule has 0 aliphatic heterocycles. The summed E-state index contributed by atoms with van der Waals surface area (Å²) in [7, 11) is 3.39. The maximum atomic E-state index is 9.22. The van der Waals surface area contributed by atoms with Crippen LogP contribution in [0.5, 0.6) is 0 Å². The highest BCUT2D eigenvalue weighted by atomic mass is 16.5. The van der Waals surface area contributed by atoms with Gasteiger partial charge in [0, 0.05) is 33.9 Å². The lowest BCUT2D eigenvalue weighted by Gasteiger charge is -2.25. The van der Waals surface area contributed by atoms with Gasteiger partial charge in [0.1, 0.15) is 6.07 Å². The Hall–Kier alpha value is -1.57. The molecule has 4 nitrogen and oxygen atoms in total. The lowest BCUT2D eigenvalue weighted by molar-refractivity contribution is 0.191. The van der Waals surface area contributed by atoms with Crippen molar-refractivity contribution >= 4 is 5.69 Å². The monoisotopic (exact) mass is 262 g/mol. The lowest BCUT2D eigenvalue weighted by atomic mass is 10.1. The zero-order valence-electron chi connectivity index (χ0n) is 12.0. The van der Waals surface area contributed by atoms with Crippen molar-refractivity contribution in [3.8, 4) is 6.07 Å². The number of ether oxygens (including phenoxy) is 2. The third-order valence-electron chi connectivity index (χ3n) is 2.96. The van der Waals surface area contributed by atoms with E-state index in [0.717, 1.165) is 37.4 Å². The van der Waals surface area contributed by atoms with Crippen LogP contribution in [0.2, 0.25) is 0 Å². The molecule has 1 aromatic rings. The lowest BCUT2D eigenvalue weighted by Crippen LogP contribution is -2.29. The van der Waals surface area contributed by atoms with Crippen molar-refractivity contribution in [1.82, 2.24) is 0 Å². The smallest absolute Gasteiger partial charge is 0.101 e. The fourth-order valence-electron chi connectivity index (χ4n) is 1.95. The molecule has 0 N–H and O–H groups in total. The number of nitriles is 1. The van der Waals surface area contributed by atoms with Crippen LogP contribution in [-0.2, 0) is 9.47 Å². The van der Waals surface area contributed by atoms with Crippen LogP contribution < -0.4 is 4.90 Å². The summed E-state index contributed by atoms with van der Waals surface area (Å²) < 4.78 is 10.2. The molecular weight excluding hydrogens is 240 g/mol. The molecule has 0 saturated carbocycles. The van der Waals surface area contributed by atoms with E-state index in [1.807, 2.05) is 19.1 Å². The number of hydrogen-bond donors (Lipinski definition) is 0. The van der Waals surface area contributed by atoms with Crippen molar-refractivity contribution in [3.05, 3.63) is 29.3 Å². The van der Waals surface area contributed by atoms with Gasteiger partial charge in [-0.15, -0.1) is 0 Å². The van der Waals surface area contributed by atoms with Gasteiger partial charge < -0.3 is 14.4 Å². The van der Waals surface area contributed by atoms with Crippen molar-refractivity contribution < 1.29 is 9.47 Å². The highest BCUT2D eigenvalue weighted by Gasteiger charge is 2.11. The first-order valence-corrected chi connectivity index (χ1v) is 6.46. The van der Waals surface area contributed by atoms with Crippen molar-refractivity contribution in [2.45, 2.75) is 13.3 Å². The molecule has 0 aliphatic rings. The minimum absolute atomic E-state index is 0.645. The Morgan fingerprint density at radius 3 is 2.53 bits per heavy atom. The Morgan fingerprint density at radius 1 is 1.16 bits per heavy atom.